The molecule has 7 nitrogen and oxygen atoms in total. The predicted octanol–water partition coefficient (Wildman–Crippen LogP) is 1.41. The van der Waals surface area contributed by atoms with Gasteiger partial charge in [0.2, 0.25) is 20.0 Å². The number of sulfonamides is 2. The Kier molecular flexibility index (Phi) is 6.67. The third-order valence-corrected chi connectivity index (χ3v) is 7.36. The minimum atomic E-state index is -3.74. The topological polar surface area (TPSA) is 104 Å². The van der Waals surface area contributed by atoms with Crippen molar-refractivity contribution >= 4 is 32.5 Å². The molecule has 3 rings (SSSR count). The van der Waals surface area contributed by atoms with Gasteiger partial charge in [0, 0.05) is 19.6 Å². The summed E-state index contributed by atoms with van der Waals surface area (Å²) < 4.78 is 53.7. The van der Waals surface area contributed by atoms with Crippen molar-refractivity contribution in [2.45, 2.75) is 36.3 Å². The summed E-state index contributed by atoms with van der Waals surface area (Å²) in [6.45, 7) is 3.36. The molecule has 0 saturated carbocycles. The van der Waals surface area contributed by atoms with Gasteiger partial charge in [-0.15, -0.1) is 12.4 Å². The lowest BCUT2D eigenvalue weighted by molar-refractivity contribution is 0.579. The first kappa shape index (κ1) is 21.8. The molecule has 0 radical (unpaired) electrons. The van der Waals surface area contributed by atoms with Crippen LogP contribution in [0.3, 0.4) is 0 Å². The van der Waals surface area contributed by atoms with Gasteiger partial charge in [-0.05, 0) is 54.4 Å². The van der Waals surface area contributed by atoms with E-state index in [1.54, 1.807) is 6.92 Å². The van der Waals surface area contributed by atoms with Crippen molar-refractivity contribution in [1.29, 1.82) is 0 Å². The van der Waals surface area contributed by atoms with Crippen molar-refractivity contribution in [1.82, 2.24) is 14.8 Å². The van der Waals surface area contributed by atoms with Crippen LogP contribution in [-0.4, -0.2) is 23.9 Å². The summed E-state index contributed by atoms with van der Waals surface area (Å²) in [4.78, 5) is 0.0953. The van der Waals surface area contributed by atoms with Crippen LogP contribution in [-0.2, 0) is 39.7 Å². The van der Waals surface area contributed by atoms with Gasteiger partial charge in [0.1, 0.15) is 0 Å². The van der Waals surface area contributed by atoms with E-state index in [4.69, 9.17) is 0 Å². The molecule has 0 amide bonds. The molecule has 3 N–H and O–H groups in total. The molecule has 0 saturated heterocycles. The summed E-state index contributed by atoms with van der Waals surface area (Å²) >= 11 is 0. The zero-order valence-electron chi connectivity index (χ0n) is 14.9. The van der Waals surface area contributed by atoms with E-state index in [0.29, 0.717) is 5.56 Å². The molecule has 0 aliphatic carbocycles. The number of hydrogen-bond donors (Lipinski definition) is 3. The average Bonchev–Trinajstić information content (AvgIpc) is 3.07. The van der Waals surface area contributed by atoms with E-state index in [9.17, 15) is 16.8 Å². The fraction of sp³-hybridized carbons (Fsp3) is 0.294. The molecule has 1 aliphatic rings. The van der Waals surface area contributed by atoms with Gasteiger partial charge in [-0.25, -0.2) is 26.3 Å². The highest BCUT2D eigenvalue weighted by Gasteiger charge is 2.20. The van der Waals surface area contributed by atoms with E-state index in [1.807, 2.05) is 18.2 Å². The van der Waals surface area contributed by atoms with Crippen LogP contribution < -0.4 is 14.8 Å². The normalized spacial score (nSPS) is 13.9. The van der Waals surface area contributed by atoms with Crippen molar-refractivity contribution in [3.63, 3.8) is 0 Å². The van der Waals surface area contributed by atoms with Gasteiger partial charge in [-0.2, -0.15) is 0 Å². The van der Waals surface area contributed by atoms with E-state index < -0.39 is 20.0 Å². The Morgan fingerprint density at radius 1 is 0.963 bits per heavy atom. The molecule has 10 heteroatoms. The van der Waals surface area contributed by atoms with E-state index in [-0.39, 0.29) is 28.7 Å². The Balaban J connectivity index is 0.00000261. The van der Waals surface area contributed by atoms with Crippen LogP contribution in [0.1, 0.15) is 22.3 Å². The van der Waals surface area contributed by atoms with Crippen LogP contribution in [0.5, 0.6) is 0 Å². The highest BCUT2D eigenvalue weighted by atomic mass is 35.5. The number of benzene rings is 2. The Morgan fingerprint density at radius 2 is 1.67 bits per heavy atom. The van der Waals surface area contributed by atoms with Gasteiger partial charge in [-0.3, -0.25) is 0 Å². The van der Waals surface area contributed by atoms with Gasteiger partial charge < -0.3 is 5.32 Å². The molecule has 0 aromatic heterocycles. The molecule has 1 heterocycles. The monoisotopic (exact) mass is 431 g/mol. The molecule has 0 atom stereocenters. The number of rotatable bonds is 6. The number of halogens is 1. The largest absolute Gasteiger partial charge is 0.309 e. The maximum absolute atomic E-state index is 12.5. The Bertz CT molecular complexity index is 1050. The zero-order chi connectivity index (χ0) is 18.9. The quantitative estimate of drug-likeness (QED) is 0.641. The van der Waals surface area contributed by atoms with Gasteiger partial charge >= 0.3 is 0 Å². The van der Waals surface area contributed by atoms with Gasteiger partial charge in [0.15, 0.2) is 0 Å². The van der Waals surface area contributed by atoms with E-state index in [0.717, 1.165) is 18.7 Å². The lowest BCUT2D eigenvalue weighted by Crippen LogP contribution is -2.24. The van der Waals surface area contributed by atoms with Crippen LogP contribution in [0.4, 0.5) is 0 Å². The molecule has 148 valence electrons. The second-order valence-electron chi connectivity index (χ2n) is 6.17. The summed E-state index contributed by atoms with van der Waals surface area (Å²) in [5.74, 6) is 0. The summed E-state index contributed by atoms with van der Waals surface area (Å²) in [6.07, 6.45) is 0. The van der Waals surface area contributed by atoms with Crippen LogP contribution in [0.2, 0.25) is 0 Å². The maximum atomic E-state index is 12.5. The Morgan fingerprint density at radius 3 is 2.33 bits per heavy atom. The molecule has 2 aromatic carbocycles. The first-order valence-electron chi connectivity index (χ1n) is 8.08. The highest BCUT2D eigenvalue weighted by Crippen LogP contribution is 2.20. The van der Waals surface area contributed by atoms with E-state index in [1.165, 1.54) is 36.4 Å². The van der Waals surface area contributed by atoms with Crippen molar-refractivity contribution in [2.75, 3.05) is 7.05 Å². The van der Waals surface area contributed by atoms with Gasteiger partial charge in [0.25, 0.3) is 0 Å². The molecule has 0 spiro atoms. The SMILES string of the molecule is CNS(=O)(=O)c1ccc(S(=O)(=O)NCc2ccc3c(c2)CNC3)cc1C.Cl. The third kappa shape index (κ3) is 4.68. The Labute approximate surface area is 166 Å². The highest BCUT2D eigenvalue weighted by molar-refractivity contribution is 7.90. The molecule has 27 heavy (non-hydrogen) atoms. The van der Waals surface area contributed by atoms with Crippen molar-refractivity contribution in [3.05, 3.63) is 58.7 Å². The zero-order valence-corrected chi connectivity index (χ0v) is 17.4. The van der Waals surface area contributed by atoms with Gasteiger partial charge in [-0.1, -0.05) is 18.2 Å². The smallest absolute Gasteiger partial charge is 0.240 e. The molecule has 0 bridgehead atoms. The van der Waals surface area contributed by atoms with Gasteiger partial charge in [0.05, 0.1) is 9.79 Å². The van der Waals surface area contributed by atoms with Crippen LogP contribution in [0.15, 0.2) is 46.2 Å². The minimum absolute atomic E-state index is 0. The Hall–Kier alpha value is -1.49. The van der Waals surface area contributed by atoms with Crippen molar-refractivity contribution in [3.8, 4) is 0 Å². The van der Waals surface area contributed by atoms with Crippen molar-refractivity contribution < 1.29 is 16.8 Å². The van der Waals surface area contributed by atoms with Crippen LogP contribution >= 0.6 is 12.4 Å². The van der Waals surface area contributed by atoms with Crippen molar-refractivity contribution in [2.24, 2.45) is 0 Å². The second kappa shape index (κ2) is 8.26. The fourth-order valence-electron chi connectivity index (χ4n) is 2.92. The average molecular weight is 432 g/mol. The summed E-state index contributed by atoms with van der Waals surface area (Å²) in [5, 5.41) is 3.25. The van der Waals surface area contributed by atoms with E-state index >= 15 is 0 Å². The summed E-state index contributed by atoms with van der Waals surface area (Å²) in [6, 6.07) is 9.86. The number of nitrogens with one attached hydrogen (secondary N) is 3. The first-order valence-corrected chi connectivity index (χ1v) is 11.0. The molecular formula is C17H22ClN3O4S2. The lowest BCUT2D eigenvalue weighted by Gasteiger charge is -2.11. The minimum Gasteiger partial charge on any atom is -0.309 e. The standard InChI is InChI=1S/C17H21N3O4S2.ClH/c1-12-7-16(5-6-17(12)26(23,24)18-2)25(21,22)20-9-13-3-4-14-10-19-11-15(14)8-13;/h3-8,18-20H,9-11H2,1-2H3;1H. The molecule has 1 aliphatic heterocycles. The molecule has 0 fully saturated rings. The fourth-order valence-corrected chi connectivity index (χ4v) is 4.97. The number of aryl methyl sites for hydroxylation is 1. The number of hydrogen-bond acceptors (Lipinski definition) is 5. The third-order valence-electron chi connectivity index (χ3n) is 4.38. The summed E-state index contributed by atoms with van der Waals surface area (Å²) in [5.41, 5.74) is 3.65. The molecule has 2 aromatic rings. The summed E-state index contributed by atoms with van der Waals surface area (Å²) in [7, 11) is -6.06. The van der Waals surface area contributed by atoms with Crippen LogP contribution in [0, 0.1) is 6.92 Å². The number of fused-ring (bicyclic) bond motifs is 1. The lowest BCUT2D eigenvalue weighted by atomic mass is 10.1. The second-order valence-corrected chi connectivity index (χ2v) is 9.79. The molecular weight excluding hydrogens is 410 g/mol. The van der Waals surface area contributed by atoms with Crippen LogP contribution in [0.25, 0.3) is 0 Å². The first-order chi connectivity index (χ1) is 12.2. The van der Waals surface area contributed by atoms with E-state index in [2.05, 4.69) is 14.8 Å². The maximum Gasteiger partial charge on any atom is 0.240 e. The molecule has 0 unspecified atom stereocenters. The predicted molar refractivity (Wildman–Crippen MR) is 106 cm³/mol.